The van der Waals surface area contributed by atoms with E-state index in [1.165, 1.54) is 0 Å². The fraction of sp³-hybridized carbons (Fsp3) is 0.235. The van der Waals surface area contributed by atoms with E-state index in [-0.39, 0.29) is 11.7 Å². The van der Waals surface area contributed by atoms with E-state index in [0.717, 1.165) is 11.3 Å². The molecule has 0 spiro atoms. The van der Waals surface area contributed by atoms with Gasteiger partial charge in [-0.15, -0.1) is 0 Å². The lowest BCUT2D eigenvalue weighted by Gasteiger charge is -2.14. The van der Waals surface area contributed by atoms with Crippen LogP contribution in [-0.4, -0.2) is 36.7 Å². The lowest BCUT2D eigenvalue weighted by Crippen LogP contribution is -2.20. The Labute approximate surface area is 155 Å². The van der Waals surface area contributed by atoms with E-state index in [1.54, 1.807) is 42.5 Å². The Morgan fingerprint density at radius 3 is 2.69 bits per heavy atom. The number of carbonyl (C=O) groups excluding carboxylic acids is 1. The number of amides is 1. The predicted molar refractivity (Wildman–Crippen MR) is 98.8 cm³/mol. The molecule has 8 nitrogen and oxygen atoms in total. The van der Waals surface area contributed by atoms with Gasteiger partial charge in [-0.1, -0.05) is 11.6 Å². The van der Waals surface area contributed by atoms with Gasteiger partial charge in [0.1, 0.15) is 0 Å². The number of anilines is 1. The van der Waals surface area contributed by atoms with E-state index in [0.29, 0.717) is 23.1 Å². The molecule has 3 N–H and O–H groups in total. The molecule has 26 heavy (non-hydrogen) atoms. The third-order valence-electron chi connectivity index (χ3n) is 3.79. The number of nitrogens with two attached hydrogens (primary N) is 1. The minimum atomic E-state index is -0.576. The Balaban J connectivity index is 1.70. The van der Waals surface area contributed by atoms with Gasteiger partial charge in [-0.2, -0.15) is 5.10 Å². The van der Waals surface area contributed by atoms with Crippen molar-refractivity contribution in [1.82, 2.24) is 24.7 Å². The van der Waals surface area contributed by atoms with Gasteiger partial charge in [-0.3, -0.25) is 14.5 Å². The van der Waals surface area contributed by atoms with Gasteiger partial charge in [0, 0.05) is 43.7 Å². The third-order valence-corrected chi connectivity index (χ3v) is 4.13. The number of nitrogens with zero attached hydrogens (tertiary/aromatic N) is 5. The van der Waals surface area contributed by atoms with E-state index >= 15 is 0 Å². The van der Waals surface area contributed by atoms with Crippen molar-refractivity contribution in [2.24, 2.45) is 12.8 Å². The Morgan fingerprint density at radius 1 is 1.35 bits per heavy atom. The smallest absolute Gasteiger partial charge is 0.269 e. The molecule has 134 valence electrons. The molecular weight excluding hydrogens is 354 g/mol. The van der Waals surface area contributed by atoms with Gasteiger partial charge in [-0.05, 0) is 25.1 Å². The fourth-order valence-corrected chi connectivity index (χ4v) is 2.72. The van der Waals surface area contributed by atoms with E-state index in [4.69, 9.17) is 17.3 Å². The number of hydrogen-bond donors (Lipinski definition) is 2. The minimum absolute atomic E-state index is 0.0476. The quantitative estimate of drug-likeness (QED) is 0.686. The molecule has 0 bridgehead atoms. The Morgan fingerprint density at radius 2 is 2.08 bits per heavy atom. The van der Waals surface area contributed by atoms with Gasteiger partial charge in [0.05, 0.1) is 16.4 Å². The molecule has 3 rings (SSSR count). The van der Waals surface area contributed by atoms with Crippen LogP contribution in [0.1, 0.15) is 23.1 Å². The zero-order valence-electron chi connectivity index (χ0n) is 14.3. The Bertz CT molecular complexity index is 923. The van der Waals surface area contributed by atoms with Gasteiger partial charge in [0.25, 0.3) is 5.91 Å². The summed E-state index contributed by atoms with van der Waals surface area (Å²) in [4.78, 5) is 24.2. The second-order valence-corrected chi connectivity index (χ2v) is 6.29. The number of hydrogen-bond acceptors (Lipinski definition) is 6. The van der Waals surface area contributed by atoms with Gasteiger partial charge < -0.3 is 11.1 Å². The molecular formula is C17H18ClN7O. The molecule has 3 heterocycles. The van der Waals surface area contributed by atoms with Crippen LogP contribution in [0.15, 0.2) is 36.8 Å². The molecule has 0 saturated carbocycles. The number of rotatable bonds is 6. The summed E-state index contributed by atoms with van der Waals surface area (Å²) in [5.41, 5.74) is 7.72. The van der Waals surface area contributed by atoms with E-state index in [2.05, 4.69) is 25.4 Å². The van der Waals surface area contributed by atoms with E-state index in [1.807, 2.05) is 13.0 Å². The summed E-state index contributed by atoms with van der Waals surface area (Å²) in [7, 11) is 1.73. The molecule has 0 radical (unpaired) electrons. The van der Waals surface area contributed by atoms with Crippen molar-refractivity contribution >= 4 is 23.5 Å². The number of aromatic nitrogens is 5. The van der Waals surface area contributed by atoms with Gasteiger partial charge in [0.2, 0.25) is 5.95 Å². The summed E-state index contributed by atoms with van der Waals surface area (Å²) in [5.74, 6) is -0.0846. The molecule has 0 aliphatic heterocycles. The van der Waals surface area contributed by atoms with Crippen LogP contribution in [0.2, 0.25) is 5.02 Å². The molecule has 0 aromatic carbocycles. The molecule has 0 aliphatic carbocycles. The average molecular weight is 372 g/mol. The first-order chi connectivity index (χ1) is 12.4. The highest BCUT2D eigenvalue weighted by Gasteiger charge is 2.13. The third kappa shape index (κ3) is 3.97. The van der Waals surface area contributed by atoms with Crippen molar-refractivity contribution in [2.45, 2.75) is 19.4 Å². The first-order valence-electron chi connectivity index (χ1n) is 7.96. The van der Waals surface area contributed by atoms with Crippen molar-refractivity contribution < 1.29 is 4.79 Å². The standard InChI is InChI=1S/C17H18ClN7O/c1-10(6-13-12(18)4-3-5-20-13)23-17-21-8-11(9-22-17)15-7-14(16(19)26)24-25(15)2/h3-5,7-10H,6H2,1-2H3,(H2,19,26)(H,21,22,23). The molecule has 3 aromatic rings. The zero-order valence-corrected chi connectivity index (χ0v) is 15.1. The lowest BCUT2D eigenvalue weighted by molar-refractivity contribution is 0.0995. The number of carbonyl (C=O) groups is 1. The number of nitrogens with one attached hydrogen (secondary N) is 1. The van der Waals surface area contributed by atoms with E-state index < -0.39 is 5.91 Å². The maximum absolute atomic E-state index is 11.2. The molecule has 0 fully saturated rings. The summed E-state index contributed by atoms with van der Waals surface area (Å²) < 4.78 is 1.57. The number of pyridine rings is 1. The first kappa shape index (κ1) is 17.8. The topological polar surface area (TPSA) is 112 Å². The Kier molecular flexibility index (Phi) is 5.13. The summed E-state index contributed by atoms with van der Waals surface area (Å²) in [6.07, 6.45) is 5.69. The van der Waals surface area contributed by atoms with Crippen molar-refractivity contribution in [3.63, 3.8) is 0 Å². The maximum Gasteiger partial charge on any atom is 0.269 e. The highest BCUT2D eigenvalue weighted by atomic mass is 35.5. The van der Waals surface area contributed by atoms with Crippen molar-refractivity contribution in [1.29, 1.82) is 0 Å². The van der Waals surface area contributed by atoms with Crippen molar-refractivity contribution in [2.75, 3.05) is 5.32 Å². The van der Waals surface area contributed by atoms with Crippen LogP contribution in [0.5, 0.6) is 0 Å². The van der Waals surface area contributed by atoms with Gasteiger partial charge in [-0.25, -0.2) is 9.97 Å². The van der Waals surface area contributed by atoms with Crippen molar-refractivity contribution in [3.8, 4) is 11.3 Å². The van der Waals surface area contributed by atoms with Gasteiger partial charge >= 0.3 is 0 Å². The van der Waals surface area contributed by atoms with E-state index in [9.17, 15) is 4.79 Å². The first-order valence-corrected chi connectivity index (χ1v) is 8.34. The van der Waals surface area contributed by atoms with Crippen LogP contribution in [0.3, 0.4) is 0 Å². The molecule has 1 amide bonds. The predicted octanol–water partition coefficient (Wildman–Crippen LogP) is 2.07. The SMILES string of the molecule is CC(Cc1ncccc1Cl)Nc1ncc(-c2cc(C(N)=O)nn2C)cn1. The molecule has 1 unspecified atom stereocenters. The monoisotopic (exact) mass is 371 g/mol. The van der Waals surface area contributed by atoms with Gasteiger partial charge in [0.15, 0.2) is 5.69 Å². The number of primary amides is 1. The second-order valence-electron chi connectivity index (χ2n) is 5.88. The van der Waals surface area contributed by atoms with Crippen LogP contribution in [0, 0.1) is 0 Å². The fourth-order valence-electron chi connectivity index (χ4n) is 2.52. The van der Waals surface area contributed by atoms with Crippen LogP contribution in [0.25, 0.3) is 11.3 Å². The minimum Gasteiger partial charge on any atom is -0.364 e. The normalized spacial score (nSPS) is 12.0. The number of halogens is 1. The van der Waals surface area contributed by atoms with Crippen LogP contribution >= 0.6 is 11.6 Å². The second kappa shape index (κ2) is 7.49. The maximum atomic E-state index is 11.2. The van der Waals surface area contributed by atoms with Crippen LogP contribution < -0.4 is 11.1 Å². The summed E-state index contributed by atoms with van der Waals surface area (Å²) >= 11 is 6.14. The molecule has 0 aliphatic rings. The largest absolute Gasteiger partial charge is 0.364 e. The summed E-state index contributed by atoms with van der Waals surface area (Å²) in [6.45, 7) is 2.00. The zero-order chi connectivity index (χ0) is 18.7. The molecule has 0 saturated heterocycles. The molecule has 9 heteroatoms. The lowest BCUT2D eigenvalue weighted by atomic mass is 10.1. The molecule has 3 aromatic heterocycles. The average Bonchev–Trinajstić information content (AvgIpc) is 3.00. The number of aryl methyl sites for hydroxylation is 1. The Hall–Kier alpha value is -3.00. The van der Waals surface area contributed by atoms with Crippen LogP contribution in [-0.2, 0) is 13.5 Å². The van der Waals surface area contributed by atoms with Crippen LogP contribution in [0.4, 0.5) is 5.95 Å². The highest BCUT2D eigenvalue weighted by molar-refractivity contribution is 6.31. The summed E-state index contributed by atoms with van der Waals surface area (Å²) in [5, 5.41) is 7.92. The van der Waals surface area contributed by atoms with Crippen molar-refractivity contribution in [3.05, 3.63) is 53.2 Å². The summed E-state index contributed by atoms with van der Waals surface area (Å²) in [6, 6.07) is 5.27. The highest BCUT2D eigenvalue weighted by Crippen LogP contribution is 2.19. The molecule has 1 atom stereocenters.